The van der Waals surface area contributed by atoms with Crippen molar-refractivity contribution in [2.75, 3.05) is 4.90 Å². The molecule has 2 aliphatic heterocycles. The number of hydrogen-bond donors (Lipinski definition) is 0. The van der Waals surface area contributed by atoms with Crippen LogP contribution in [-0.2, 0) is 11.8 Å². The van der Waals surface area contributed by atoms with Crippen LogP contribution in [0.1, 0.15) is 114 Å². The molecule has 1 aromatic heterocycles. The summed E-state index contributed by atoms with van der Waals surface area (Å²) in [6, 6.07) is 25.6. The number of rotatable bonds is 10. The van der Waals surface area contributed by atoms with Gasteiger partial charge in [0.15, 0.2) is 0 Å². The number of pyridine rings is 1. The molecule has 2 heteroatoms. The molecule has 4 aromatic rings. The molecule has 3 aromatic carbocycles. The van der Waals surface area contributed by atoms with E-state index in [2.05, 4.69) is 112 Å². The number of hydrogen-bond acceptors (Lipinski definition) is 2. The van der Waals surface area contributed by atoms with Gasteiger partial charge < -0.3 is 0 Å². The highest BCUT2D eigenvalue weighted by atomic mass is 15.2. The summed E-state index contributed by atoms with van der Waals surface area (Å²) < 4.78 is 0. The Morgan fingerprint density at radius 2 is 1.51 bits per heavy atom. The minimum atomic E-state index is -0.152. The Hall–Kier alpha value is -3.39. The van der Waals surface area contributed by atoms with Crippen molar-refractivity contribution < 1.29 is 0 Å². The molecule has 0 amide bonds. The van der Waals surface area contributed by atoms with Crippen molar-refractivity contribution in [3.05, 3.63) is 95.2 Å². The van der Waals surface area contributed by atoms with Gasteiger partial charge in [-0.2, -0.15) is 0 Å². The molecule has 0 N–H and O–H groups in total. The van der Waals surface area contributed by atoms with E-state index >= 15 is 0 Å². The van der Waals surface area contributed by atoms with Gasteiger partial charge in [0.25, 0.3) is 0 Å². The monoisotopic (exact) mass is 542 g/mol. The molecule has 41 heavy (non-hydrogen) atoms. The van der Waals surface area contributed by atoms with Crippen LogP contribution in [0.4, 0.5) is 17.2 Å². The number of nitrogens with zero attached hydrogens (tertiary/aromatic N) is 2. The maximum absolute atomic E-state index is 5.30. The maximum atomic E-state index is 5.30. The van der Waals surface area contributed by atoms with E-state index in [1.54, 1.807) is 0 Å². The van der Waals surface area contributed by atoms with Gasteiger partial charge >= 0.3 is 0 Å². The number of unbranched alkanes of at least 4 members (excludes halogenated alkanes) is 5. The molecule has 2 nitrogen and oxygen atoms in total. The highest BCUT2D eigenvalue weighted by Crippen LogP contribution is 2.58. The van der Waals surface area contributed by atoms with E-state index in [0.29, 0.717) is 5.92 Å². The second kappa shape index (κ2) is 11.5. The maximum Gasteiger partial charge on any atom is 0.141 e. The van der Waals surface area contributed by atoms with Crippen LogP contribution in [0.3, 0.4) is 0 Å². The highest BCUT2D eigenvalue weighted by Gasteiger charge is 2.41. The van der Waals surface area contributed by atoms with E-state index in [9.17, 15) is 0 Å². The summed E-state index contributed by atoms with van der Waals surface area (Å²) in [7, 11) is 0. The largest absolute Gasteiger partial charge is 0.293 e. The average Bonchev–Trinajstić information content (AvgIpc) is 3.11. The molecule has 0 saturated carbocycles. The number of fused-ring (bicyclic) bond motifs is 7. The molecule has 0 radical (unpaired) electrons. The fourth-order valence-electron chi connectivity index (χ4n) is 7.10. The summed E-state index contributed by atoms with van der Waals surface area (Å²) in [6.07, 6.45) is 13.5. The van der Waals surface area contributed by atoms with E-state index in [1.165, 1.54) is 107 Å². The minimum absolute atomic E-state index is 0.152. The van der Waals surface area contributed by atoms with Gasteiger partial charge in [-0.15, -0.1) is 0 Å². The normalized spacial score (nSPS) is 14.9. The predicted octanol–water partition coefficient (Wildman–Crippen LogP) is 11.6. The topological polar surface area (TPSA) is 16.1 Å². The summed E-state index contributed by atoms with van der Waals surface area (Å²) in [4.78, 5) is 7.77. The van der Waals surface area contributed by atoms with Gasteiger partial charge in [-0.1, -0.05) is 128 Å². The van der Waals surface area contributed by atoms with Crippen molar-refractivity contribution in [3.8, 4) is 22.3 Å². The number of para-hydroxylation sites is 2. The lowest BCUT2D eigenvalue weighted by Crippen LogP contribution is -2.32. The first kappa shape index (κ1) is 27.8. The third kappa shape index (κ3) is 4.90. The molecule has 212 valence electrons. The molecule has 0 aliphatic carbocycles. The fourth-order valence-corrected chi connectivity index (χ4v) is 7.10. The Bertz CT molecular complexity index is 1550. The fraction of sp³-hybridized carbons (Fsp3) is 0.410. The standard InChI is InChI=1S/C39H46N2/c1-6-8-10-12-17-28-22-23-30-31-18-13-14-21-36(31)41-37-32(33(30)24-28)19-15-20-34(37)39(4,5)35-25-29(26-40-38(35)41)27(3)16-11-9-7-2/h13-15,18-27H,6-12,16-17H2,1-5H3. The van der Waals surface area contributed by atoms with Crippen molar-refractivity contribution in [2.45, 2.75) is 104 Å². The Morgan fingerprint density at radius 1 is 0.732 bits per heavy atom. The summed E-state index contributed by atoms with van der Waals surface area (Å²) in [6.45, 7) is 11.7. The van der Waals surface area contributed by atoms with Crippen LogP contribution in [0, 0.1) is 0 Å². The molecular formula is C39H46N2. The van der Waals surface area contributed by atoms with Crippen LogP contribution in [0.2, 0.25) is 0 Å². The second-order valence-electron chi connectivity index (χ2n) is 12.9. The molecule has 0 bridgehead atoms. The first-order valence-electron chi connectivity index (χ1n) is 16.1. The summed E-state index contributed by atoms with van der Waals surface area (Å²) >= 11 is 0. The SMILES string of the molecule is CCCCCCc1ccc2c(c1)-c1cccc3c1N(c1ccccc1-2)c1ncc(C(C)CCCCC)cc1C3(C)C. The zero-order chi connectivity index (χ0) is 28.6. The molecule has 0 spiro atoms. The quantitative estimate of drug-likeness (QED) is 0.163. The summed E-state index contributed by atoms with van der Waals surface area (Å²) in [5.74, 6) is 1.60. The van der Waals surface area contributed by atoms with E-state index < -0.39 is 0 Å². The number of benzene rings is 3. The number of aryl methyl sites for hydroxylation is 1. The van der Waals surface area contributed by atoms with Crippen molar-refractivity contribution in [2.24, 2.45) is 0 Å². The zero-order valence-corrected chi connectivity index (χ0v) is 25.8. The number of aromatic nitrogens is 1. The molecule has 3 heterocycles. The van der Waals surface area contributed by atoms with E-state index in [1.807, 2.05) is 0 Å². The van der Waals surface area contributed by atoms with Crippen LogP contribution in [-0.4, -0.2) is 4.98 Å². The first-order chi connectivity index (χ1) is 20.0. The third-order valence-corrected chi connectivity index (χ3v) is 9.64. The lowest BCUT2D eigenvalue weighted by molar-refractivity contribution is 0.589. The van der Waals surface area contributed by atoms with Crippen molar-refractivity contribution in [3.63, 3.8) is 0 Å². The van der Waals surface area contributed by atoms with Crippen molar-refractivity contribution in [1.82, 2.24) is 4.98 Å². The van der Waals surface area contributed by atoms with E-state index in [4.69, 9.17) is 4.98 Å². The van der Waals surface area contributed by atoms with E-state index in [0.717, 1.165) is 12.2 Å². The summed E-state index contributed by atoms with van der Waals surface area (Å²) in [5, 5.41) is 0. The van der Waals surface area contributed by atoms with Crippen LogP contribution in [0.15, 0.2) is 72.9 Å². The van der Waals surface area contributed by atoms with Crippen LogP contribution < -0.4 is 4.90 Å². The molecule has 1 atom stereocenters. The minimum Gasteiger partial charge on any atom is -0.293 e. The molecule has 1 unspecified atom stereocenters. The van der Waals surface area contributed by atoms with Crippen LogP contribution in [0.5, 0.6) is 0 Å². The third-order valence-electron chi connectivity index (χ3n) is 9.64. The van der Waals surface area contributed by atoms with Gasteiger partial charge in [0.2, 0.25) is 0 Å². The molecule has 2 aliphatic rings. The lowest BCUT2D eigenvalue weighted by atomic mass is 9.72. The van der Waals surface area contributed by atoms with Crippen molar-refractivity contribution >= 4 is 17.2 Å². The van der Waals surface area contributed by atoms with Crippen LogP contribution in [0.25, 0.3) is 22.3 Å². The Morgan fingerprint density at radius 3 is 2.34 bits per heavy atom. The Labute approximate surface area is 247 Å². The summed E-state index contributed by atoms with van der Waals surface area (Å²) in [5.41, 5.74) is 13.2. The smallest absolute Gasteiger partial charge is 0.141 e. The van der Waals surface area contributed by atoms with Gasteiger partial charge in [0, 0.05) is 28.3 Å². The van der Waals surface area contributed by atoms with Gasteiger partial charge in [0.05, 0.1) is 11.4 Å². The van der Waals surface area contributed by atoms with Gasteiger partial charge in [0.1, 0.15) is 5.82 Å². The first-order valence-corrected chi connectivity index (χ1v) is 16.1. The van der Waals surface area contributed by atoms with Crippen LogP contribution >= 0.6 is 0 Å². The molecular weight excluding hydrogens is 496 g/mol. The predicted molar refractivity (Wildman–Crippen MR) is 176 cm³/mol. The highest BCUT2D eigenvalue weighted by molar-refractivity contribution is 6.04. The second-order valence-corrected chi connectivity index (χ2v) is 12.9. The van der Waals surface area contributed by atoms with Gasteiger partial charge in [-0.25, -0.2) is 4.98 Å². The molecule has 0 saturated heterocycles. The van der Waals surface area contributed by atoms with Gasteiger partial charge in [-0.05, 0) is 65.1 Å². The Balaban J connectivity index is 1.52. The zero-order valence-electron chi connectivity index (χ0n) is 25.8. The molecule has 0 fully saturated rings. The Kier molecular flexibility index (Phi) is 7.77. The number of anilines is 3. The average molecular weight is 543 g/mol. The van der Waals surface area contributed by atoms with E-state index in [-0.39, 0.29) is 5.41 Å². The van der Waals surface area contributed by atoms with Crippen molar-refractivity contribution in [1.29, 1.82) is 0 Å². The van der Waals surface area contributed by atoms with Gasteiger partial charge in [-0.3, -0.25) is 4.90 Å². The molecule has 6 rings (SSSR count). The lowest BCUT2D eigenvalue weighted by Gasteiger charge is -2.42.